The summed E-state index contributed by atoms with van der Waals surface area (Å²) in [5.41, 5.74) is 1.16. The third-order valence-corrected chi connectivity index (χ3v) is 6.71. The molecule has 2 amide bonds. The lowest BCUT2D eigenvalue weighted by molar-refractivity contribution is -0.137. The molecular weight excluding hydrogens is 473 g/mol. The Hall–Kier alpha value is -2.97. The fraction of sp³-hybridized carbons (Fsp3) is 0.423. The van der Waals surface area contributed by atoms with E-state index in [0.717, 1.165) is 17.2 Å². The summed E-state index contributed by atoms with van der Waals surface area (Å²) in [6.07, 6.45) is 1.38. The quantitative estimate of drug-likeness (QED) is 0.417. The molecule has 0 atom stereocenters. The Kier molecular flexibility index (Phi) is 8.51. The zero-order valence-electron chi connectivity index (χ0n) is 20.2. The number of carbonyl (C=O) groups excluding carboxylic acids is 2. The van der Waals surface area contributed by atoms with Gasteiger partial charge in [-0.25, -0.2) is 4.39 Å². The van der Waals surface area contributed by atoms with E-state index in [1.165, 1.54) is 13.1 Å². The molecule has 1 heterocycles. The van der Waals surface area contributed by atoms with Crippen LogP contribution in [0.25, 0.3) is 0 Å². The second-order valence-corrected chi connectivity index (χ2v) is 9.64. The van der Waals surface area contributed by atoms with E-state index in [1.807, 2.05) is 24.3 Å². The summed E-state index contributed by atoms with van der Waals surface area (Å²) in [7, 11) is 1.44. The molecule has 3 rings (SSSR count). The Morgan fingerprint density at radius 3 is 2.49 bits per heavy atom. The van der Waals surface area contributed by atoms with Gasteiger partial charge in [0, 0.05) is 26.6 Å². The first-order valence-electron chi connectivity index (χ1n) is 11.6. The van der Waals surface area contributed by atoms with Crippen LogP contribution in [0.4, 0.5) is 10.1 Å². The SMILES string of the molecule is CNC(=O)c1cc(Cl)c(F)cc1NC(=O)C1(c2ccccc2C(C)C)CN(CCCCC(=O)O)C1. The van der Waals surface area contributed by atoms with Crippen molar-refractivity contribution in [3.8, 4) is 0 Å². The number of hydrogen-bond donors (Lipinski definition) is 3. The maximum Gasteiger partial charge on any atom is 0.303 e. The third kappa shape index (κ3) is 5.82. The Labute approximate surface area is 209 Å². The number of nitrogens with one attached hydrogen (secondary N) is 2. The van der Waals surface area contributed by atoms with Gasteiger partial charge in [-0.05, 0) is 48.6 Å². The van der Waals surface area contributed by atoms with Crippen molar-refractivity contribution in [2.75, 3.05) is 32.0 Å². The first-order valence-corrected chi connectivity index (χ1v) is 12.0. The minimum absolute atomic E-state index is 0.0533. The number of likely N-dealkylation sites (tertiary alicyclic amines) is 1. The molecule has 0 radical (unpaired) electrons. The molecule has 7 nitrogen and oxygen atoms in total. The second-order valence-electron chi connectivity index (χ2n) is 9.23. The maximum absolute atomic E-state index is 14.3. The summed E-state index contributed by atoms with van der Waals surface area (Å²) in [5, 5.41) is 13.9. The molecule has 1 fully saturated rings. The van der Waals surface area contributed by atoms with Crippen molar-refractivity contribution >= 4 is 35.1 Å². The van der Waals surface area contributed by atoms with E-state index >= 15 is 0 Å². The van der Waals surface area contributed by atoms with E-state index < -0.39 is 23.1 Å². The average Bonchev–Trinajstić information content (AvgIpc) is 2.79. The Bertz CT molecular complexity index is 1120. The van der Waals surface area contributed by atoms with E-state index in [9.17, 15) is 18.8 Å². The molecular formula is C26H31ClFN3O4. The summed E-state index contributed by atoms with van der Waals surface area (Å²) < 4.78 is 14.3. The number of carboxylic acid groups (broad SMARTS) is 1. The van der Waals surface area contributed by atoms with Gasteiger partial charge in [-0.1, -0.05) is 49.7 Å². The number of aliphatic carboxylic acids is 1. The van der Waals surface area contributed by atoms with Crippen LogP contribution < -0.4 is 10.6 Å². The highest BCUT2D eigenvalue weighted by atomic mass is 35.5. The second kappa shape index (κ2) is 11.2. The van der Waals surface area contributed by atoms with E-state index in [-0.39, 0.29) is 34.5 Å². The van der Waals surface area contributed by atoms with Crippen molar-refractivity contribution in [2.45, 2.75) is 44.4 Å². The zero-order chi connectivity index (χ0) is 25.8. The van der Waals surface area contributed by atoms with Crippen LogP contribution in [0, 0.1) is 5.82 Å². The van der Waals surface area contributed by atoms with Gasteiger partial charge >= 0.3 is 5.97 Å². The van der Waals surface area contributed by atoms with Crippen LogP contribution >= 0.6 is 11.6 Å². The molecule has 0 saturated carbocycles. The summed E-state index contributed by atoms with van der Waals surface area (Å²) >= 11 is 5.89. The molecule has 0 aromatic heterocycles. The molecule has 1 aliphatic rings. The summed E-state index contributed by atoms with van der Waals surface area (Å²) in [6, 6.07) is 10.0. The molecule has 1 aliphatic heterocycles. The van der Waals surface area contributed by atoms with Crippen LogP contribution in [0.1, 0.15) is 60.5 Å². The molecule has 2 aromatic rings. The smallest absolute Gasteiger partial charge is 0.303 e. The van der Waals surface area contributed by atoms with Crippen LogP contribution in [0.5, 0.6) is 0 Å². The van der Waals surface area contributed by atoms with Crippen molar-refractivity contribution in [3.63, 3.8) is 0 Å². The van der Waals surface area contributed by atoms with Crippen LogP contribution in [-0.4, -0.2) is 54.5 Å². The lowest BCUT2D eigenvalue weighted by Crippen LogP contribution is -2.65. The number of carboxylic acids is 1. The largest absolute Gasteiger partial charge is 0.481 e. The fourth-order valence-electron chi connectivity index (χ4n) is 4.57. The van der Waals surface area contributed by atoms with Gasteiger partial charge < -0.3 is 20.6 Å². The normalized spacial score (nSPS) is 14.9. The number of benzene rings is 2. The van der Waals surface area contributed by atoms with Gasteiger partial charge in [-0.15, -0.1) is 0 Å². The number of rotatable bonds is 10. The van der Waals surface area contributed by atoms with E-state index in [1.54, 1.807) is 0 Å². The Morgan fingerprint density at radius 2 is 1.86 bits per heavy atom. The van der Waals surface area contributed by atoms with Crippen molar-refractivity contribution in [3.05, 3.63) is 63.9 Å². The molecule has 3 N–H and O–H groups in total. The highest BCUT2D eigenvalue weighted by Crippen LogP contribution is 2.40. The van der Waals surface area contributed by atoms with E-state index in [2.05, 4.69) is 29.4 Å². The summed E-state index contributed by atoms with van der Waals surface area (Å²) in [6.45, 7) is 5.66. The van der Waals surface area contributed by atoms with Gasteiger partial charge in [0.2, 0.25) is 5.91 Å². The van der Waals surface area contributed by atoms with Crippen LogP contribution in [-0.2, 0) is 15.0 Å². The molecule has 0 bridgehead atoms. The first kappa shape index (κ1) is 26.6. The lowest BCUT2D eigenvalue weighted by Gasteiger charge is -2.50. The predicted octanol–water partition coefficient (Wildman–Crippen LogP) is 4.41. The highest BCUT2D eigenvalue weighted by Gasteiger charge is 2.51. The molecule has 35 heavy (non-hydrogen) atoms. The van der Waals surface area contributed by atoms with Gasteiger partial charge in [0.25, 0.3) is 5.91 Å². The zero-order valence-corrected chi connectivity index (χ0v) is 20.9. The monoisotopic (exact) mass is 503 g/mol. The molecule has 188 valence electrons. The predicted molar refractivity (Wildman–Crippen MR) is 134 cm³/mol. The van der Waals surface area contributed by atoms with Crippen LogP contribution in [0.2, 0.25) is 5.02 Å². The number of hydrogen-bond acceptors (Lipinski definition) is 4. The number of anilines is 1. The minimum Gasteiger partial charge on any atom is -0.481 e. The van der Waals surface area contributed by atoms with Gasteiger partial charge in [-0.3, -0.25) is 14.4 Å². The Morgan fingerprint density at radius 1 is 1.17 bits per heavy atom. The molecule has 0 unspecified atom stereocenters. The van der Waals surface area contributed by atoms with Crippen molar-refractivity contribution in [2.24, 2.45) is 0 Å². The van der Waals surface area contributed by atoms with E-state index in [0.29, 0.717) is 32.5 Å². The average molecular weight is 504 g/mol. The highest BCUT2D eigenvalue weighted by molar-refractivity contribution is 6.31. The molecule has 1 saturated heterocycles. The van der Waals surface area contributed by atoms with Gasteiger partial charge in [0.1, 0.15) is 5.82 Å². The third-order valence-electron chi connectivity index (χ3n) is 6.42. The number of unbranched alkanes of at least 4 members (excludes halogenated alkanes) is 1. The lowest BCUT2D eigenvalue weighted by atomic mass is 9.69. The van der Waals surface area contributed by atoms with Gasteiger partial charge in [0.15, 0.2) is 0 Å². The minimum atomic E-state index is -0.899. The van der Waals surface area contributed by atoms with Crippen LogP contribution in [0.15, 0.2) is 36.4 Å². The van der Waals surface area contributed by atoms with Crippen LogP contribution in [0.3, 0.4) is 0 Å². The summed E-state index contributed by atoms with van der Waals surface area (Å²) in [5.74, 6) is -2.21. The summed E-state index contributed by atoms with van der Waals surface area (Å²) in [4.78, 5) is 39.1. The number of halogens is 2. The van der Waals surface area contributed by atoms with Crippen molar-refractivity contribution in [1.82, 2.24) is 10.2 Å². The molecule has 0 aliphatic carbocycles. The Balaban J connectivity index is 1.92. The van der Waals surface area contributed by atoms with Crippen molar-refractivity contribution < 1.29 is 23.9 Å². The first-order chi connectivity index (χ1) is 16.6. The number of nitrogens with zero attached hydrogens (tertiary/aromatic N) is 1. The van der Waals surface area contributed by atoms with Crippen molar-refractivity contribution in [1.29, 1.82) is 0 Å². The maximum atomic E-state index is 14.3. The van der Waals surface area contributed by atoms with E-state index in [4.69, 9.17) is 16.7 Å². The molecule has 0 spiro atoms. The number of amides is 2. The molecule has 2 aromatic carbocycles. The number of carbonyl (C=O) groups is 3. The molecule has 9 heteroatoms. The standard InChI is InChI=1S/C26H31ClFN3O4/c1-16(2)17-8-4-5-9-19(17)26(14-31(15-26)11-7-6-10-23(32)33)25(35)30-22-13-21(28)20(27)12-18(22)24(34)29-3/h4-5,8-9,12-13,16H,6-7,10-11,14-15H2,1-3H3,(H,29,34)(H,30,35)(H,32,33). The topological polar surface area (TPSA) is 98.7 Å². The van der Waals surface area contributed by atoms with Gasteiger partial charge in [0.05, 0.1) is 21.7 Å². The van der Waals surface area contributed by atoms with Gasteiger partial charge in [-0.2, -0.15) is 0 Å². The fourth-order valence-corrected chi connectivity index (χ4v) is 4.74.